The van der Waals surface area contributed by atoms with Gasteiger partial charge in [0.15, 0.2) is 0 Å². The van der Waals surface area contributed by atoms with Crippen molar-refractivity contribution in [2.75, 3.05) is 83.7 Å². The van der Waals surface area contributed by atoms with Crippen molar-refractivity contribution < 1.29 is 23.2 Å². The lowest BCUT2D eigenvalue weighted by molar-refractivity contribution is 0.0234. The number of anilines is 1. The van der Waals surface area contributed by atoms with Crippen LogP contribution in [-0.4, -0.2) is 110 Å². The van der Waals surface area contributed by atoms with E-state index in [4.69, 9.17) is 25.8 Å². The molecule has 7 atom stereocenters. The lowest BCUT2D eigenvalue weighted by atomic mass is 9.66. The summed E-state index contributed by atoms with van der Waals surface area (Å²) in [7, 11) is -1.51. The Kier molecular flexibility index (Phi) is 13.2. The molecule has 290 valence electrons. The zero-order valence-corrected chi connectivity index (χ0v) is 33.4. The molecule has 4 aliphatic heterocycles. The number of fused-ring (bicyclic) bond motifs is 2. The summed E-state index contributed by atoms with van der Waals surface area (Å²) in [6.45, 7) is 16.7. The van der Waals surface area contributed by atoms with E-state index in [1.54, 1.807) is 0 Å². The van der Waals surface area contributed by atoms with Gasteiger partial charge >= 0.3 is 0 Å². The molecule has 2 saturated heterocycles. The molecule has 4 heterocycles. The van der Waals surface area contributed by atoms with Gasteiger partial charge in [-0.05, 0) is 97.7 Å². The average Bonchev–Trinajstić information content (AvgIpc) is 3.53. The Labute approximate surface area is 324 Å². The number of carbonyl (C=O) groups is 1. The summed E-state index contributed by atoms with van der Waals surface area (Å²) in [5.41, 5.74) is 4.04. The van der Waals surface area contributed by atoms with Crippen molar-refractivity contribution in [3.05, 3.63) is 70.3 Å². The summed E-state index contributed by atoms with van der Waals surface area (Å²) in [5, 5.41) is 0.580. The number of nitrogens with one attached hydrogen (secondary N) is 1. The number of amides is 1. The molecule has 1 saturated carbocycles. The standard InChI is InChI=1S/C42H59ClN4O5S/c1-4-6-31-21-36(43)11-13-38(31)35-25-47-24-34-9-12-39(34)33(23-45-15-17-46(18-16-45)37-27-50-19-20-51-28-37)8-5-7-29(2)30(3)53(49)44-42(48)32-10-14-41(52-26-35)40(47)22-32/h5,8,10-11,13-14,21-22,29-30,33-35,37,39H,4,6-7,9,12,15-20,23-28H2,1-3H3,(H,44,48)/b8-5+. The maximum Gasteiger partial charge on any atom is 0.263 e. The van der Waals surface area contributed by atoms with Crippen LogP contribution < -0.4 is 14.4 Å². The molecule has 3 fully saturated rings. The van der Waals surface area contributed by atoms with E-state index in [-0.39, 0.29) is 23.0 Å². The van der Waals surface area contributed by atoms with E-state index in [9.17, 15) is 9.00 Å². The number of carbonyl (C=O) groups excluding carboxylic acids is 1. The molecule has 1 N–H and O–H groups in total. The van der Waals surface area contributed by atoms with E-state index in [1.807, 2.05) is 31.2 Å². The number of hydrogen-bond donors (Lipinski definition) is 1. The Morgan fingerprint density at radius 1 is 0.962 bits per heavy atom. The highest BCUT2D eigenvalue weighted by atomic mass is 35.5. The first-order valence-corrected chi connectivity index (χ1v) is 21.7. The van der Waals surface area contributed by atoms with Crippen LogP contribution in [0.25, 0.3) is 0 Å². The van der Waals surface area contributed by atoms with Crippen LogP contribution in [0.1, 0.15) is 73.9 Å². The fourth-order valence-corrected chi connectivity index (χ4v) is 10.2. The third kappa shape index (κ3) is 9.33. The number of hydrogen-bond acceptors (Lipinski definition) is 8. The van der Waals surface area contributed by atoms with Gasteiger partial charge in [-0.1, -0.05) is 50.1 Å². The monoisotopic (exact) mass is 766 g/mol. The Morgan fingerprint density at radius 2 is 1.75 bits per heavy atom. The van der Waals surface area contributed by atoms with Crippen molar-refractivity contribution in [1.82, 2.24) is 14.5 Å². The molecule has 53 heavy (non-hydrogen) atoms. The summed E-state index contributed by atoms with van der Waals surface area (Å²) in [6.07, 6.45) is 10.1. The van der Waals surface area contributed by atoms with Crippen molar-refractivity contribution in [3.63, 3.8) is 0 Å². The summed E-state index contributed by atoms with van der Waals surface area (Å²) in [4.78, 5) is 21.3. The van der Waals surface area contributed by atoms with Crippen LogP contribution in [0.2, 0.25) is 5.02 Å². The summed E-state index contributed by atoms with van der Waals surface area (Å²) in [5.74, 6) is 2.31. The Morgan fingerprint density at radius 3 is 2.49 bits per heavy atom. The van der Waals surface area contributed by atoms with Crippen LogP contribution in [0.5, 0.6) is 5.75 Å². The molecule has 0 radical (unpaired) electrons. The first-order chi connectivity index (χ1) is 25.8. The molecule has 7 rings (SSSR count). The Bertz CT molecular complexity index is 1610. The molecular formula is C42H59ClN4O5S. The van der Waals surface area contributed by atoms with Crippen molar-refractivity contribution >= 4 is 34.2 Å². The average molecular weight is 767 g/mol. The maximum absolute atomic E-state index is 13.6. The van der Waals surface area contributed by atoms with Crippen LogP contribution in [0.4, 0.5) is 5.69 Å². The van der Waals surface area contributed by atoms with Gasteiger partial charge < -0.3 is 24.0 Å². The van der Waals surface area contributed by atoms with Crippen molar-refractivity contribution in [3.8, 4) is 5.75 Å². The fraction of sp³-hybridized carbons (Fsp3) is 0.643. The van der Waals surface area contributed by atoms with E-state index in [1.165, 1.54) is 24.0 Å². The second-order valence-corrected chi connectivity index (χ2v) is 18.0. The summed E-state index contributed by atoms with van der Waals surface area (Å²) < 4.78 is 34.5. The number of nitrogens with zero attached hydrogens (tertiary/aromatic N) is 3. The van der Waals surface area contributed by atoms with Gasteiger partial charge in [-0.15, -0.1) is 0 Å². The summed E-state index contributed by atoms with van der Waals surface area (Å²) >= 11 is 6.50. The van der Waals surface area contributed by atoms with Crippen molar-refractivity contribution in [2.24, 2.45) is 23.7 Å². The second-order valence-electron chi connectivity index (χ2n) is 16.1. The van der Waals surface area contributed by atoms with Crippen LogP contribution in [0, 0.1) is 23.7 Å². The lowest BCUT2D eigenvalue weighted by Crippen LogP contribution is -2.54. The molecule has 0 spiro atoms. The van der Waals surface area contributed by atoms with Crippen LogP contribution in [-0.2, 0) is 26.9 Å². The van der Waals surface area contributed by atoms with Crippen molar-refractivity contribution in [2.45, 2.75) is 70.1 Å². The predicted octanol–water partition coefficient (Wildman–Crippen LogP) is 6.33. The number of benzene rings is 2. The largest absolute Gasteiger partial charge is 0.491 e. The van der Waals surface area contributed by atoms with E-state index in [2.05, 4.69) is 57.6 Å². The van der Waals surface area contributed by atoms with Gasteiger partial charge in [0.1, 0.15) is 16.7 Å². The van der Waals surface area contributed by atoms with Gasteiger partial charge in [0.25, 0.3) is 5.91 Å². The number of aryl methyl sites for hydroxylation is 1. The van der Waals surface area contributed by atoms with Gasteiger partial charge in [0, 0.05) is 62.3 Å². The molecule has 7 unspecified atom stereocenters. The minimum atomic E-state index is -1.51. The normalized spacial score (nSPS) is 31.7. The molecule has 2 aromatic rings. The molecular weight excluding hydrogens is 708 g/mol. The maximum atomic E-state index is 13.6. The number of piperazine rings is 1. The van der Waals surface area contributed by atoms with E-state index >= 15 is 0 Å². The molecule has 1 amide bonds. The minimum Gasteiger partial charge on any atom is -0.491 e. The third-order valence-electron chi connectivity index (χ3n) is 12.6. The van der Waals surface area contributed by atoms with E-state index in [0.717, 1.165) is 94.7 Å². The predicted molar refractivity (Wildman–Crippen MR) is 213 cm³/mol. The van der Waals surface area contributed by atoms with Gasteiger partial charge in [0.05, 0.1) is 50.0 Å². The molecule has 5 aliphatic rings. The highest BCUT2D eigenvalue weighted by Crippen LogP contribution is 2.45. The zero-order chi connectivity index (χ0) is 36.9. The first-order valence-electron chi connectivity index (χ1n) is 20.1. The molecule has 1 aliphatic carbocycles. The Balaban J connectivity index is 1.16. The number of halogens is 1. The fourth-order valence-electron chi connectivity index (χ4n) is 9.00. The molecule has 9 nitrogen and oxygen atoms in total. The highest BCUT2D eigenvalue weighted by Gasteiger charge is 2.40. The van der Waals surface area contributed by atoms with E-state index in [0.29, 0.717) is 49.2 Å². The number of allylic oxidation sites excluding steroid dienone is 1. The van der Waals surface area contributed by atoms with Gasteiger partial charge in [-0.3, -0.25) is 14.4 Å². The van der Waals surface area contributed by atoms with E-state index < -0.39 is 11.0 Å². The number of ether oxygens (including phenoxy) is 3. The van der Waals surface area contributed by atoms with Crippen LogP contribution in [0.15, 0.2) is 48.6 Å². The molecule has 2 aromatic carbocycles. The van der Waals surface area contributed by atoms with Crippen LogP contribution in [0.3, 0.4) is 0 Å². The third-order valence-corrected chi connectivity index (χ3v) is 14.4. The van der Waals surface area contributed by atoms with Gasteiger partial charge in [0.2, 0.25) is 0 Å². The quantitative estimate of drug-likeness (QED) is 0.342. The van der Waals surface area contributed by atoms with Crippen molar-refractivity contribution in [1.29, 1.82) is 0 Å². The first kappa shape index (κ1) is 38.8. The topological polar surface area (TPSA) is 83.6 Å². The molecule has 11 heteroatoms. The van der Waals surface area contributed by atoms with Gasteiger partial charge in [-0.25, -0.2) is 4.21 Å². The second kappa shape index (κ2) is 18.0. The number of rotatable bonds is 6. The van der Waals surface area contributed by atoms with Gasteiger partial charge in [-0.2, -0.15) is 0 Å². The molecule has 0 aromatic heterocycles. The highest BCUT2D eigenvalue weighted by molar-refractivity contribution is 7.84. The molecule has 2 bridgehead atoms. The lowest BCUT2D eigenvalue weighted by Gasteiger charge is -2.46. The smallest absolute Gasteiger partial charge is 0.263 e. The summed E-state index contributed by atoms with van der Waals surface area (Å²) in [6, 6.07) is 12.4. The SMILES string of the molecule is CCCc1cc(Cl)ccc1C1COc2ccc3cc2N(C1)CC1CCC1C(CN1CCN(C2COCCOC2)CC1)/C=C/CC(C)C(C)S(=O)NC3=O. The Hall–Kier alpha value is -2.47. The zero-order valence-electron chi connectivity index (χ0n) is 31.9. The minimum absolute atomic E-state index is 0.147. The van der Waals surface area contributed by atoms with Crippen LogP contribution >= 0.6 is 11.6 Å².